The van der Waals surface area contributed by atoms with Gasteiger partial charge in [0, 0.05) is 18.2 Å². The highest BCUT2D eigenvalue weighted by atomic mass is 16.6. The molecule has 0 aliphatic heterocycles. The van der Waals surface area contributed by atoms with Crippen molar-refractivity contribution in [2.24, 2.45) is 17.4 Å². The number of ether oxygens (including phenoxy) is 2. The lowest BCUT2D eigenvalue weighted by molar-refractivity contribution is -0.132. The van der Waals surface area contributed by atoms with Gasteiger partial charge in [-0.2, -0.15) is 5.10 Å². The summed E-state index contributed by atoms with van der Waals surface area (Å²) in [4.78, 5) is 22.2. The molecule has 0 bridgehead atoms. The first-order chi connectivity index (χ1) is 14.0. The zero-order valence-corrected chi connectivity index (χ0v) is 17.3. The molecular formula is C20H26N4O5. The second kappa shape index (κ2) is 10.8. The number of nitrogens with zero attached hydrogens (tertiary/aromatic N) is 4. The van der Waals surface area contributed by atoms with Crippen LogP contribution in [0.5, 0.6) is 5.88 Å². The Hall–Kier alpha value is -3.36. The maximum absolute atomic E-state index is 12.0. The van der Waals surface area contributed by atoms with Gasteiger partial charge >= 0.3 is 5.97 Å². The van der Waals surface area contributed by atoms with E-state index in [9.17, 15) is 4.79 Å². The number of carbonyl (C=O) groups excluding carboxylic acids is 1. The average molecular weight is 402 g/mol. The van der Waals surface area contributed by atoms with Crippen LogP contribution in [0.1, 0.15) is 35.7 Å². The van der Waals surface area contributed by atoms with E-state index in [4.69, 9.17) is 19.1 Å². The third-order valence-electron chi connectivity index (χ3n) is 3.97. The van der Waals surface area contributed by atoms with Gasteiger partial charge in [0.2, 0.25) is 5.88 Å². The molecule has 1 aromatic heterocycles. The van der Waals surface area contributed by atoms with Crippen LogP contribution in [-0.2, 0) is 32.9 Å². The second-order valence-corrected chi connectivity index (χ2v) is 6.06. The quantitative estimate of drug-likeness (QED) is 0.344. The minimum absolute atomic E-state index is 0.0523. The predicted molar refractivity (Wildman–Crippen MR) is 108 cm³/mol. The van der Waals surface area contributed by atoms with Gasteiger partial charge in [-0.25, -0.2) is 9.48 Å². The van der Waals surface area contributed by atoms with Crippen molar-refractivity contribution in [3.05, 3.63) is 46.6 Å². The summed E-state index contributed by atoms with van der Waals surface area (Å²) in [6, 6.07) is 7.16. The van der Waals surface area contributed by atoms with E-state index < -0.39 is 5.97 Å². The highest BCUT2D eigenvalue weighted by molar-refractivity contribution is 6.43. The van der Waals surface area contributed by atoms with E-state index in [1.165, 1.54) is 14.2 Å². The highest BCUT2D eigenvalue weighted by Crippen LogP contribution is 2.20. The molecule has 156 valence electrons. The molecular weight excluding hydrogens is 376 g/mol. The Kier molecular flexibility index (Phi) is 8.20. The molecule has 1 aromatic carbocycles. The minimum Gasteiger partial charge on any atom is -0.477 e. The molecule has 0 fully saturated rings. The smallest absolute Gasteiger partial charge is 0.360 e. The molecule has 0 amide bonds. The van der Waals surface area contributed by atoms with Gasteiger partial charge < -0.3 is 19.1 Å². The van der Waals surface area contributed by atoms with Gasteiger partial charge in [0.15, 0.2) is 5.71 Å². The minimum atomic E-state index is -0.605. The summed E-state index contributed by atoms with van der Waals surface area (Å²) in [5, 5.41) is 12.2. The zero-order chi connectivity index (χ0) is 21.2. The van der Waals surface area contributed by atoms with Crippen LogP contribution in [0.25, 0.3) is 0 Å². The number of aryl methyl sites for hydroxylation is 2. The van der Waals surface area contributed by atoms with Crippen molar-refractivity contribution >= 4 is 17.9 Å². The molecule has 0 saturated carbocycles. The van der Waals surface area contributed by atoms with Gasteiger partial charge in [0.05, 0.1) is 31.2 Å². The van der Waals surface area contributed by atoms with Crippen LogP contribution >= 0.6 is 0 Å². The summed E-state index contributed by atoms with van der Waals surface area (Å²) in [6.07, 6.45) is 2.46. The Labute approximate surface area is 169 Å². The van der Waals surface area contributed by atoms with Crippen LogP contribution in [0.3, 0.4) is 0 Å². The van der Waals surface area contributed by atoms with E-state index in [2.05, 4.69) is 15.4 Å². The average Bonchev–Trinajstić information content (AvgIpc) is 3.00. The lowest BCUT2D eigenvalue weighted by Crippen LogP contribution is -2.19. The van der Waals surface area contributed by atoms with Crippen molar-refractivity contribution in [1.82, 2.24) is 9.78 Å². The summed E-state index contributed by atoms with van der Waals surface area (Å²) < 4.78 is 12.2. The van der Waals surface area contributed by atoms with Crippen molar-refractivity contribution in [2.45, 2.75) is 26.9 Å². The Morgan fingerprint density at radius 3 is 2.72 bits per heavy atom. The zero-order valence-electron chi connectivity index (χ0n) is 17.3. The first-order valence-electron chi connectivity index (χ1n) is 9.12. The number of carbonyl (C=O) groups is 1. The number of hydrogen-bond donors (Lipinski definition) is 0. The molecule has 2 aromatic rings. The summed E-state index contributed by atoms with van der Waals surface area (Å²) >= 11 is 0. The Morgan fingerprint density at radius 2 is 2.03 bits per heavy atom. The van der Waals surface area contributed by atoms with Crippen molar-refractivity contribution in [3.8, 4) is 5.88 Å². The van der Waals surface area contributed by atoms with E-state index in [0.29, 0.717) is 23.6 Å². The predicted octanol–water partition coefficient (Wildman–Crippen LogP) is 2.59. The molecule has 29 heavy (non-hydrogen) atoms. The molecule has 9 nitrogen and oxygen atoms in total. The SMILES string of the molecule is CCCOc1c(/C=N/OCc2ccccc2/C(=N\OC)C(=O)OC)c(C)nn1C. The number of hydrogen-bond acceptors (Lipinski definition) is 8. The van der Waals surface area contributed by atoms with E-state index >= 15 is 0 Å². The Balaban J connectivity index is 2.16. The van der Waals surface area contributed by atoms with Crippen molar-refractivity contribution in [1.29, 1.82) is 0 Å². The van der Waals surface area contributed by atoms with Crippen LogP contribution in [0.15, 0.2) is 34.6 Å². The molecule has 9 heteroatoms. The van der Waals surface area contributed by atoms with Gasteiger partial charge in [-0.3, -0.25) is 0 Å². The van der Waals surface area contributed by atoms with Crippen molar-refractivity contribution in [3.63, 3.8) is 0 Å². The molecule has 0 aliphatic carbocycles. The molecule has 0 atom stereocenters. The largest absolute Gasteiger partial charge is 0.477 e. The van der Waals surface area contributed by atoms with Gasteiger partial charge in [-0.15, -0.1) is 0 Å². The van der Waals surface area contributed by atoms with Crippen LogP contribution < -0.4 is 4.74 Å². The van der Waals surface area contributed by atoms with Crippen LogP contribution in [0, 0.1) is 6.92 Å². The molecule has 0 N–H and O–H groups in total. The Bertz CT molecular complexity index is 889. The summed E-state index contributed by atoms with van der Waals surface area (Å²) in [5.74, 6) is 0.0313. The van der Waals surface area contributed by atoms with Crippen LogP contribution in [-0.4, -0.2) is 48.5 Å². The molecule has 0 spiro atoms. The third-order valence-corrected chi connectivity index (χ3v) is 3.97. The number of methoxy groups -OCH3 is 1. The maximum atomic E-state index is 12.0. The molecule has 0 aliphatic rings. The lowest BCUT2D eigenvalue weighted by Gasteiger charge is -2.09. The number of aromatic nitrogens is 2. The van der Waals surface area contributed by atoms with Gasteiger partial charge in [-0.1, -0.05) is 41.5 Å². The number of rotatable bonds is 10. The fraction of sp³-hybridized carbons (Fsp3) is 0.400. The Morgan fingerprint density at radius 1 is 1.28 bits per heavy atom. The summed E-state index contributed by atoms with van der Waals surface area (Å²) in [6.45, 7) is 4.62. The first kappa shape index (κ1) is 21.9. The number of esters is 1. The lowest BCUT2D eigenvalue weighted by atomic mass is 10.0. The van der Waals surface area contributed by atoms with E-state index in [0.717, 1.165) is 17.7 Å². The normalized spacial score (nSPS) is 11.6. The van der Waals surface area contributed by atoms with Crippen molar-refractivity contribution in [2.75, 3.05) is 20.8 Å². The highest BCUT2D eigenvalue weighted by Gasteiger charge is 2.19. The van der Waals surface area contributed by atoms with Gasteiger partial charge in [0.25, 0.3) is 0 Å². The molecule has 0 radical (unpaired) electrons. The third kappa shape index (κ3) is 5.56. The van der Waals surface area contributed by atoms with Crippen LogP contribution in [0.2, 0.25) is 0 Å². The standard InChI is InChI=1S/C20H26N4O5/c1-6-11-28-19-17(14(2)22-24(19)3)12-21-29-13-15-9-7-8-10-16(15)18(23-27-5)20(25)26-4/h7-10,12H,6,11,13H2,1-5H3/b21-12+,23-18+. The van der Waals surface area contributed by atoms with Gasteiger partial charge in [0.1, 0.15) is 13.7 Å². The fourth-order valence-corrected chi connectivity index (χ4v) is 2.63. The number of oxime groups is 2. The topological polar surface area (TPSA) is 96.5 Å². The monoisotopic (exact) mass is 402 g/mol. The molecule has 2 rings (SSSR count). The van der Waals surface area contributed by atoms with Crippen molar-refractivity contribution < 1.29 is 23.9 Å². The van der Waals surface area contributed by atoms with Crippen LogP contribution in [0.4, 0.5) is 0 Å². The molecule has 0 unspecified atom stereocenters. The molecule has 1 heterocycles. The maximum Gasteiger partial charge on any atom is 0.360 e. The van der Waals surface area contributed by atoms with E-state index in [1.807, 2.05) is 33.0 Å². The number of benzene rings is 1. The van der Waals surface area contributed by atoms with E-state index in [1.54, 1.807) is 23.0 Å². The summed E-state index contributed by atoms with van der Waals surface area (Å²) in [5.41, 5.74) is 2.84. The van der Waals surface area contributed by atoms with E-state index in [-0.39, 0.29) is 12.3 Å². The first-order valence-corrected chi connectivity index (χ1v) is 9.12. The van der Waals surface area contributed by atoms with Gasteiger partial charge in [-0.05, 0) is 13.3 Å². The second-order valence-electron chi connectivity index (χ2n) is 6.06. The fourth-order valence-electron chi connectivity index (χ4n) is 2.63. The molecule has 0 saturated heterocycles. The summed E-state index contributed by atoms with van der Waals surface area (Å²) in [7, 11) is 4.46.